The van der Waals surface area contributed by atoms with E-state index in [9.17, 15) is 0 Å². The van der Waals surface area contributed by atoms with Crippen molar-refractivity contribution < 1.29 is 0 Å². The van der Waals surface area contributed by atoms with Gasteiger partial charge in [0.2, 0.25) is 0 Å². The maximum absolute atomic E-state index is 6.19. The molecule has 3 rings (SSSR count). The molecule has 2 aromatic rings. The Hall–Kier alpha value is -0.680. The first-order valence-corrected chi connectivity index (χ1v) is 7.81. The van der Waals surface area contributed by atoms with E-state index in [0.717, 1.165) is 34.6 Å². The van der Waals surface area contributed by atoms with Crippen molar-refractivity contribution in [3.63, 3.8) is 0 Å². The molecule has 0 atom stereocenters. The summed E-state index contributed by atoms with van der Waals surface area (Å²) in [6, 6.07) is 6.30. The maximum atomic E-state index is 6.19. The van der Waals surface area contributed by atoms with Crippen molar-refractivity contribution >= 4 is 34.5 Å². The zero-order valence-electron chi connectivity index (χ0n) is 10.2. The quantitative estimate of drug-likeness (QED) is 0.912. The third kappa shape index (κ3) is 3.26. The van der Waals surface area contributed by atoms with Crippen LogP contribution in [0.25, 0.3) is 10.6 Å². The van der Waals surface area contributed by atoms with Gasteiger partial charge in [-0.1, -0.05) is 46.7 Å². The summed E-state index contributed by atoms with van der Waals surface area (Å²) in [6.45, 7) is 0.961. The van der Waals surface area contributed by atoms with Crippen molar-refractivity contribution in [2.45, 2.75) is 25.3 Å². The van der Waals surface area contributed by atoms with Crippen LogP contribution in [-0.4, -0.2) is 22.8 Å². The smallest absolute Gasteiger partial charge is 0.149 e. The van der Waals surface area contributed by atoms with Gasteiger partial charge in [-0.3, -0.25) is 0 Å². The number of aromatic nitrogens is 2. The Morgan fingerprint density at radius 2 is 2.11 bits per heavy atom. The molecule has 19 heavy (non-hydrogen) atoms. The summed E-state index contributed by atoms with van der Waals surface area (Å²) < 4.78 is 0. The lowest BCUT2D eigenvalue weighted by atomic mass is 10.2. The van der Waals surface area contributed by atoms with E-state index >= 15 is 0 Å². The Morgan fingerprint density at radius 1 is 1.26 bits per heavy atom. The number of rotatable bonds is 5. The zero-order chi connectivity index (χ0) is 13.2. The minimum Gasteiger partial charge on any atom is -0.314 e. The average molecular weight is 314 g/mol. The van der Waals surface area contributed by atoms with Crippen molar-refractivity contribution in [3.8, 4) is 10.6 Å². The topological polar surface area (TPSA) is 37.8 Å². The molecule has 0 unspecified atom stereocenters. The Labute approximate surface area is 126 Å². The van der Waals surface area contributed by atoms with Crippen LogP contribution in [0.1, 0.15) is 17.8 Å². The molecule has 0 bridgehead atoms. The number of hydrogen-bond donors (Lipinski definition) is 1. The lowest BCUT2D eigenvalue weighted by Gasteiger charge is -2.00. The van der Waals surface area contributed by atoms with Crippen molar-refractivity contribution in [1.82, 2.24) is 15.5 Å². The van der Waals surface area contributed by atoms with Gasteiger partial charge in [-0.05, 0) is 18.9 Å². The number of halogens is 2. The van der Waals surface area contributed by atoms with Crippen LogP contribution < -0.4 is 5.32 Å². The molecule has 1 aromatic carbocycles. The first-order chi connectivity index (χ1) is 9.24. The molecule has 0 spiro atoms. The molecule has 1 N–H and O–H groups in total. The van der Waals surface area contributed by atoms with Gasteiger partial charge in [0.25, 0.3) is 0 Å². The Balaban J connectivity index is 1.70. The van der Waals surface area contributed by atoms with E-state index in [2.05, 4.69) is 15.5 Å². The minimum atomic E-state index is 0.544. The van der Waals surface area contributed by atoms with Crippen LogP contribution in [0.2, 0.25) is 10.0 Å². The summed E-state index contributed by atoms with van der Waals surface area (Å²) in [7, 11) is 0. The molecule has 1 saturated carbocycles. The standard InChI is InChI=1S/C13H13Cl2N3S/c14-10-3-1-2-9(12(10)15)13-18-17-11(19-13)6-7-16-8-4-5-8/h1-3,8,16H,4-7H2. The fraction of sp³-hybridized carbons (Fsp3) is 0.385. The summed E-state index contributed by atoms with van der Waals surface area (Å²) >= 11 is 13.8. The molecule has 1 heterocycles. The van der Waals surface area contributed by atoms with E-state index in [1.54, 1.807) is 17.4 Å². The number of nitrogens with zero attached hydrogens (tertiary/aromatic N) is 2. The molecule has 0 saturated heterocycles. The SMILES string of the molecule is Clc1cccc(-c2nnc(CCNC3CC3)s2)c1Cl. The lowest BCUT2D eigenvalue weighted by Crippen LogP contribution is -2.19. The van der Waals surface area contributed by atoms with Crippen LogP contribution >= 0.6 is 34.5 Å². The molecule has 0 aliphatic heterocycles. The average Bonchev–Trinajstić information content (AvgIpc) is 3.10. The van der Waals surface area contributed by atoms with E-state index in [-0.39, 0.29) is 0 Å². The third-order valence-corrected chi connectivity index (χ3v) is 4.83. The van der Waals surface area contributed by atoms with Gasteiger partial charge in [0.1, 0.15) is 10.0 Å². The molecular weight excluding hydrogens is 301 g/mol. The summed E-state index contributed by atoms with van der Waals surface area (Å²) in [5.74, 6) is 0. The first kappa shape index (κ1) is 13.3. The second-order valence-corrected chi connectivity index (χ2v) is 6.43. The van der Waals surface area contributed by atoms with E-state index in [0.29, 0.717) is 10.0 Å². The summed E-state index contributed by atoms with van der Waals surface area (Å²) in [4.78, 5) is 0. The minimum absolute atomic E-state index is 0.544. The maximum Gasteiger partial charge on any atom is 0.149 e. The second kappa shape index (κ2) is 5.75. The van der Waals surface area contributed by atoms with Gasteiger partial charge in [-0.2, -0.15) is 0 Å². The Kier molecular flexibility index (Phi) is 4.03. The fourth-order valence-electron chi connectivity index (χ4n) is 1.80. The predicted octanol–water partition coefficient (Wildman–Crippen LogP) is 3.81. The van der Waals surface area contributed by atoms with Gasteiger partial charge in [-0.15, -0.1) is 10.2 Å². The van der Waals surface area contributed by atoms with Gasteiger partial charge < -0.3 is 5.32 Å². The fourth-order valence-corrected chi connectivity index (χ4v) is 3.12. The molecule has 1 aliphatic carbocycles. The normalized spacial score (nSPS) is 14.8. The van der Waals surface area contributed by atoms with Crippen molar-refractivity contribution in [1.29, 1.82) is 0 Å². The number of hydrogen-bond acceptors (Lipinski definition) is 4. The first-order valence-electron chi connectivity index (χ1n) is 6.24. The Bertz CT molecular complexity index is 581. The highest BCUT2D eigenvalue weighted by molar-refractivity contribution is 7.14. The highest BCUT2D eigenvalue weighted by Crippen LogP contribution is 2.34. The van der Waals surface area contributed by atoms with Crippen LogP contribution in [0.15, 0.2) is 18.2 Å². The molecule has 100 valence electrons. The second-order valence-electron chi connectivity index (χ2n) is 4.58. The van der Waals surface area contributed by atoms with Crippen LogP contribution in [-0.2, 0) is 6.42 Å². The number of nitrogens with one attached hydrogen (secondary N) is 1. The van der Waals surface area contributed by atoms with Crippen molar-refractivity contribution in [3.05, 3.63) is 33.3 Å². The molecule has 1 aliphatic rings. The highest BCUT2D eigenvalue weighted by Gasteiger charge is 2.20. The molecule has 1 aromatic heterocycles. The molecule has 1 fully saturated rings. The largest absolute Gasteiger partial charge is 0.314 e. The summed E-state index contributed by atoms with van der Waals surface area (Å²) in [6.07, 6.45) is 3.52. The van der Waals surface area contributed by atoms with Gasteiger partial charge >= 0.3 is 0 Å². The van der Waals surface area contributed by atoms with E-state index in [1.807, 2.05) is 12.1 Å². The lowest BCUT2D eigenvalue weighted by molar-refractivity contribution is 0.677. The van der Waals surface area contributed by atoms with E-state index < -0.39 is 0 Å². The van der Waals surface area contributed by atoms with Crippen LogP contribution in [0.3, 0.4) is 0 Å². The van der Waals surface area contributed by atoms with Gasteiger partial charge in [0.15, 0.2) is 0 Å². The van der Waals surface area contributed by atoms with E-state index in [4.69, 9.17) is 23.2 Å². The Morgan fingerprint density at radius 3 is 2.89 bits per heavy atom. The van der Waals surface area contributed by atoms with Crippen LogP contribution in [0.4, 0.5) is 0 Å². The number of benzene rings is 1. The molecule has 0 amide bonds. The zero-order valence-corrected chi connectivity index (χ0v) is 12.5. The molecule has 6 heteroatoms. The molecule has 0 radical (unpaired) electrons. The van der Waals surface area contributed by atoms with Crippen molar-refractivity contribution in [2.75, 3.05) is 6.54 Å². The highest BCUT2D eigenvalue weighted by atomic mass is 35.5. The van der Waals surface area contributed by atoms with E-state index in [1.165, 1.54) is 12.8 Å². The van der Waals surface area contributed by atoms with Gasteiger partial charge in [-0.25, -0.2) is 0 Å². The van der Waals surface area contributed by atoms with Crippen LogP contribution in [0, 0.1) is 0 Å². The van der Waals surface area contributed by atoms with Crippen molar-refractivity contribution in [2.24, 2.45) is 0 Å². The molecular formula is C13H13Cl2N3S. The summed E-state index contributed by atoms with van der Waals surface area (Å²) in [5.41, 5.74) is 0.855. The van der Waals surface area contributed by atoms with Gasteiger partial charge in [0, 0.05) is 24.6 Å². The monoisotopic (exact) mass is 313 g/mol. The predicted molar refractivity (Wildman–Crippen MR) is 80.1 cm³/mol. The van der Waals surface area contributed by atoms with Crippen LogP contribution in [0.5, 0.6) is 0 Å². The molecule has 3 nitrogen and oxygen atoms in total. The summed E-state index contributed by atoms with van der Waals surface area (Å²) in [5, 5.41) is 14.8. The third-order valence-electron chi connectivity index (χ3n) is 3.00. The van der Waals surface area contributed by atoms with Gasteiger partial charge in [0.05, 0.1) is 10.0 Å².